The Balaban J connectivity index is 4.25. The van der Waals surface area contributed by atoms with Gasteiger partial charge in [-0.2, -0.15) is 0 Å². The van der Waals surface area contributed by atoms with Crippen molar-refractivity contribution in [2.75, 3.05) is 18.9 Å². The molecule has 0 aliphatic heterocycles. The second-order valence-corrected chi connectivity index (χ2v) is 8.75. The molecule has 0 radical (unpaired) electrons. The normalized spacial score (nSPS) is 14.5. The molecule has 0 aromatic rings. The van der Waals surface area contributed by atoms with Crippen molar-refractivity contribution in [2.24, 2.45) is 0 Å². The summed E-state index contributed by atoms with van der Waals surface area (Å²) in [6.45, 7) is 6.75. The van der Waals surface area contributed by atoms with E-state index >= 15 is 0 Å². The molecule has 0 spiro atoms. The standard InChI is InChI=1S/C13H31O3P/c1-4-7-10-11-16-17(14,15,12-8-5-2)13-9-6-3/h14-15H,4-13H2,1-3H3. The molecular formula is C13H31O3P. The first-order chi connectivity index (χ1) is 7.96. The first-order valence-corrected chi connectivity index (χ1v) is 9.56. The topological polar surface area (TPSA) is 49.7 Å². The van der Waals surface area contributed by atoms with Gasteiger partial charge in [0.1, 0.15) is 0 Å². The van der Waals surface area contributed by atoms with Gasteiger partial charge in [-0.25, -0.2) is 0 Å². The van der Waals surface area contributed by atoms with Crippen LogP contribution in [-0.4, -0.2) is 28.7 Å². The maximum atomic E-state index is 10.5. The van der Waals surface area contributed by atoms with E-state index in [9.17, 15) is 9.79 Å². The van der Waals surface area contributed by atoms with Crippen LogP contribution in [-0.2, 0) is 4.52 Å². The van der Waals surface area contributed by atoms with Crippen LogP contribution in [0.25, 0.3) is 0 Å². The second-order valence-electron chi connectivity index (χ2n) is 4.99. The van der Waals surface area contributed by atoms with Gasteiger partial charge in [0.05, 0.1) is 0 Å². The molecule has 0 amide bonds. The van der Waals surface area contributed by atoms with Crippen molar-refractivity contribution in [1.82, 2.24) is 0 Å². The third-order valence-electron chi connectivity index (χ3n) is 3.06. The minimum absolute atomic E-state index is 0.439. The zero-order valence-electron chi connectivity index (χ0n) is 11.8. The SMILES string of the molecule is CCCCCOP(O)(O)(CCCC)CCCC. The Kier molecular flexibility index (Phi) is 8.57. The Hall–Kier alpha value is 0.310. The van der Waals surface area contributed by atoms with Crippen LogP contribution in [0.5, 0.6) is 0 Å². The predicted octanol–water partition coefficient (Wildman–Crippen LogP) is 4.08. The molecule has 106 valence electrons. The first-order valence-electron chi connectivity index (χ1n) is 7.13. The van der Waals surface area contributed by atoms with E-state index in [1.807, 2.05) is 0 Å². The average molecular weight is 266 g/mol. The van der Waals surface area contributed by atoms with Crippen LogP contribution < -0.4 is 0 Å². The number of rotatable bonds is 11. The zero-order valence-corrected chi connectivity index (χ0v) is 12.7. The number of hydrogen-bond donors (Lipinski definition) is 2. The summed E-state index contributed by atoms with van der Waals surface area (Å²) < 4.78 is 5.56. The fraction of sp³-hybridized carbons (Fsp3) is 1.00. The van der Waals surface area contributed by atoms with Crippen LogP contribution in [0.3, 0.4) is 0 Å². The molecular weight excluding hydrogens is 235 g/mol. The van der Waals surface area contributed by atoms with E-state index in [1.165, 1.54) is 0 Å². The van der Waals surface area contributed by atoms with Crippen LogP contribution >= 0.6 is 7.28 Å². The van der Waals surface area contributed by atoms with Gasteiger partial charge in [-0.05, 0) is 0 Å². The molecule has 0 aliphatic carbocycles. The second kappa shape index (κ2) is 8.42. The van der Waals surface area contributed by atoms with Crippen molar-refractivity contribution in [3.63, 3.8) is 0 Å². The van der Waals surface area contributed by atoms with Crippen LogP contribution in [0.1, 0.15) is 65.7 Å². The van der Waals surface area contributed by atoms with Gasteiger partial charge in [-0.15, -0.1) is 0 Å². The van der Waals surface area contributed by atoms with Crippen molar-refractivity contribution < 1.29 is 14.3 Å². The van der Waals surface area contributed by atoms with E-state index in [1.54, 1.807) is 0 Å². The molecule has 0 heterocycles. The molecule has 4 heteroatoms. The van der Waals surface area contributed by atoms with E-state index in [0.29, 0.717) is 18.9 Å². The Labute approximate surface area is 107 Å². The molecule has 0 unspecified atom stereocenters. The van der Waals surface area contributed by atoms with Gasteiger partial charge in [0.15, 0.2) is 0 Å². The van der Waals surface area contributed by atoms with Gasteiger partial charge in [0.25, 0.3) is 0 Å². The molecule has 0 aromatic heterocycles. The molecule has 0 atom stereocenters. The quantitative estimate of drug-likeness (QED) is 0.437. The predicted molar refractivity (Wildman–Crippen MR) is 76.4 cm³/mol. The summed E-state index contributed by atoms with van der Waals surface area (Å²) >= 11 is 0. The van der Waals surface area contributed by atoms with E-state index in [-0.39, 0.29) is 0 Å². The Bertz CT molecular complexity index is 183. The van der Waals surface area contributed by atoms with Crippen molar-refractivity contribution in [3.8, 4) is 0 Å². The monoisotopic (exact) mass is 266 g/mol. The molecule has 0 saturated heterocycles. The van der Waals surface area contributed by atoms with Crippen LogP contribution in [0.15, 0.2) is 0 Å². The van der Waals surface area contributed by atoms with Gasteiger partial charge in [-0.1, -0.05) is 0 Å². The van der Waals surface area contributed by atoms with E-state index in [4.69, 9.17) is 4.52 Å². The number of hydrogen-bond acceptors (Lipinski definition) is 3. The summed E-state index contributed by atoms with van der Waals surface area (Å²) in [5.41, 5.74) is 0. The van der Waals surface area contributed by atoms with Crippen LogP contribution in [0.4, 0.5) is 0 Å². The Morgan fingerprint density at radius 2 is 1.24 bits per heavy atom. The van der Waals surface area contributed by atoms with E-state index in [2.05, 4.69) is 20.8 Å². The van der Waals surface area contributed by atoms with Gasteiger partial charge >= 0.3 is 106 Å². The Morgan fingerprint density at radius 1 is 0.765 bits per heavy atom. The van der Waals surface area contributed by atoms with Gasteiger partial charge in [0.2, 0.25) is 0 Å². The molecule has 0 fully saturated rings. The van der Waals surface area contributed by atoms with Crippen molar-refractivity contribution >= 4 is 7.28 Å². The molecule has 3 nitrogen and oxygen atoms in total. The summed E-state index contributed by atoms with van der Waals surface area (Å²) in [6, 6.07) is 0. The molecule has 0 bridgehead atoms. The summed E-state index contributed by atoms with van der Waals surface area (Å²) in [7, 11) is -3.81. The fourth-order valence-electron chi connectivity index (χ4n) is 1.82. The van der Waals surface area contributed by atoms with Gasteiger partial charge < -0.3 is 0 Å². The summed E-state index contributed by atoms with van der Waals surface area (Å²) in [5, 5.41) is 0. The molecule has 0 aromatic carbocycles. The summed E-state index contributed by atoms with van der Waals surface area (Å²) in [6.07, 6.45) is 7.64. The van der Waals surface area contributed by atoms with Gasteiger partial charge in [-0.3, -0.25) is 0 Å². The Morgan fingerprint density at radius 3 is 1.65 bits per heavy atom. The first kappa shape index (κ1) is 17.3. The van der Waals surface area contributed by atoms with Crippen molar-refractivity contribution in [2.45, 2.75) is 65.7 Å². The molecule has 0 saturated carbocycles. The zero-order chi connectivity index (χ0) is 13.2. The van der Waals surface area contributed by atoms with Gasteiger partial charge in [0, 0.05) is 0 Å². The third kappa shape index (κ3) is 8.10. The molecule has 0 aliphatic rings. The molecule has 17 heavy (non-hydrogen) atoms. The molecule has 0 rings (SSSR count). The third-order valence-corrected chi connectivity index (χ3v) is 6.27. The van der Waals surface area contributed by atoms with Crippen LogP contribution in [0.2, 0.25) is 0 Å². The molecule has 2 N–H and O–H groups in total. The van der Waals surface area contributed by atoms with Crippen molar-refractivity contribution in [1.29, 1.82) is 0 Å². The summed E-state index contributed by atoms with van der Waals surface area (Å²) in [4.78, 5) is 21.0. The van der Waals surface area contributed by atoms with E-state index in [0.717, 1.165) is 44.9 Å². The summed E-state index contributed by atoms with van der Waals surface area (Å²) in [5.74, 6) is 0. The average Bonchev–Trinajstić information content (AvgIpc) is 2.31. The number of unbranched alkanes of at least 4 members (excludes halogenated alkanes) is 4. The fourth-order valence-corrected chi connectivity index (χ4v) is 4.76. The minimum atomic E-state index is -3.81. The van der Waals surface area contributed by atoms with E-state index < -0.39 is 7.28 Å². The van der Waals surface area contributed by atoms with Crippen LogP contribution in [0, 0.1) is 0 Å². The van der Waals surface area contributed by atoms with Crippen molar-refractivity contribution in [3.05, 3.63) is 0 Å². The maximum absolute atomic E-state index is 10.5.